The molecule has 0 aromatic rings. The molecule has 5 nitrogen and oxygen atoms in total. The molecule has 122 valence electrons. The highest BCUT2D eigenvalue weighted by atomic mass is 16.7. The molecule has 0 radical (unpaired) electrons. The molecule has 1 heterocycles. The van der Waals surface area contributed by atoms with Crippen molar-refractivity contribution in [1.82, 2.24) is 0 Å². The maximum absolute atomic E-state index is 6.00. The summed E-state index contributed by atoms with van der Waals surface area (Å²) in [6.45, 7) is 3.36. The summed E-state index contributed by atoms with van der Waals surface area (Å²) in [4.78, 5) is 0. The van der Waals surface area contributed by atoms with E-state index < -0.39 is 0 Å². The minimum Gasteiger partial charge on any atom is -0.382 e. The van der Waals surface area contributed by atoms with Gasteiger partial charge in [-0.1, -0.05) is 25.3 Å². The zero-order valence-electron chi connectivity index (χ0n) is 13.2. The molecule has 0 spiro atoms. The van der Waals surface area contributed by atoms with Gasteiger partial charge >= 0.3 is 0 Å². The van der Waals surface area contributed by atoms with Crippen molar-refractivity contribution in [1.29, 1.82) is 0 Å². The Hall–Kier alpha value is -0.460. The van der Waals surface area contributed by atoms with Crippen molar-refractivity contribution < 1.29 is 23.7 Å². The van der Waals surface area contributed by atoms with Crippen molar-refractivity contribution in [3.8, 4) is 0 Å². The Kier molecular flexibility index (Phi) is 7.68. The summed E-state index contributed by atoms with van der Waals surface area (Å²) in [5.74, 6) is 0. The zero-order valence-corrected chi connectivity index (χ0v) is 13.2. The van der Waals surface area contributed by atoms with Crippen LogP contribution in [0.3, 0.4) is 0 Å². The van der Waals surface area contributed by atoms with Gasteiger partial charge in [-0.3, -0.25) is 0 Å². The van der Waals surface area contributed by atoms with Crippen molar-refractivity contribution in [2.75, 3.05) is 27.1 Å². The first-order chi connectivity index (χ1) is 10.3. The third-order valence-corrected chi connectivity index (χ3v) is 3.92. The number of methoxy groups -OCH3 is 1. The molecule has 0 aromatic heterocycles. The van der Waals surface area contributed by atoms with Crippen molar-refractivity contribution >= 4 is 0 Å². The predicted octanol–water partition coefficient (Wildman–Crippen LogP) is 2.64. The largest absolute Gasteiger partial charge is 0.382 e. The second-order valence-corrected chi connectivity index (χ2v) is 5.64. The van der Waals surface area contributed by atoms with E-state index in [2.05, 4.69) is 0 Å². The molecule has 3 atom stereocenters. The summed E-state index contributed by atoms with van der Waals surface area (Å²) in [5.41, 5.74) is 0. The van der Waals surface area contributed by atoms with Crippen LogP contribution in [0.2, 0.25) is 0 Å². The van der Waals surface area contributed by atoms with Crippen LogP contribution in [0.25, 0.3) is 0 Å². The monoisotopic (exact) mass is 300 g/mol. The molecule has 1 aliphatic heterocycles. The molecule has 0 amide bonds. The Morgan fingerprint density at radius 2 is 1.90 bits per heavy atom. The lowest BCUT2D eigenvalue weighted by molar-refractivity contribution is -0.207. The molecule has 1 fully saturated rings. The summed E-state index contributed by atoms with van der Waals surface area (Å²) < 4.78 is 27.7. The van der Waals surface area contributed by atoms with Gasteiger partial charge in [-0.15, -0.1) is 0 Å². The van der Waals surface area contributed by atoms with Gasteiger partial charge in [0.25, 0.3) is 0 Å². The van der Waals surface area contributed by atoms with Gasteiger partial charge in [0.1, 0.15) is 12.9 Å². The van der Waals surface area contributed by atoms with Crippen LogP contribution in [0.1, 0.15) is 39.0 Å². The fourth-order valence-electron chi connectivity index (χ4n) is 2.68. The van der Waals surface area contributed by atoms with Gasteiger partial charge < -0.3 is 23.7 Å². The summed E-state index contributed by atoms with van der Waals surface area (Å²) in [6, 6.07) is 0. The van der Waals surface area contributed by atoms with Crippen molar-refractivity contribution in [2.45, 2.75) is 63.6 Å². The van der Waals surface area contributed by atoms with E-state index in [9.17, 15) is 0 Å². The Balaban J connectivity index is 1.66. The van der Waals surface area contributed by atoms with Crippen molar-refractivity contribution in [3.63, 3.8) is 0 Å². The van der Waals surface area contributed by atoms with E-state index in [1.165, 1.54) is 19.3 Å². The lowest BCUT2D eigenvalue weighted by Gasteiger charge is -2.33. The van der Waals surface area contributed by atoms with Crippen molar-refractivity contribution in [2.24, 2.45) is 0 Å². The van der Waals surface area contributed by atoms with E-state index in [4.69, 9.17) is 23.7 Å². The average Bonchev–Trinajstić information content (AvgIpc) is 2.50. The van der Waals surface area contributed by atoms with E-state index >= 15 is 0 Å². The first kappa shape index (κ1) is 16.9. The molecular weight excluding hydrogens is 272 g/mol. The van der Waals surface area contributed by atoms with E-state index in [-0.39, 0.29) is 25.3 Å². The number of ether oxygens (including phenoxy) is 5. The van der Waals surface area contributed by atoms with Gasteiger partial charge in [0.05, 0.1) is 25.4 Å². The van der Waals surface area contributed by atoms with Crippen molar-refractivity contribution in [3.05, 3.63) is 12.2 Å². The highest BCUT2D eigenvalue weighted by molar-refractivity contribution is 4.99. The lowest BCUT2D eigenvalue weighted by Crippen LogP contribution is -2.38. The molecule has 0 aromatic carbocycles. The second kappa shape index (κ2) is 9.54. The molecule has 1 saturated carbocycles. The molecule has 2 rings (SSSR count). The molecule has 0 bridgehead atoms. The molecule has 1 aliphatic carbocycles. The summed E-state index contributed by atoms with van der Waals surface area (Å²) in [5, 5.41) is 0. The first-order valence-electron chi connectivity index (χ1n) is 7.97. The summed E-state index contributed by atoms with van der Waals surface area (Å²) in [6.07, 6.45) is 10.1. The smallest absolute Gasteiger partial charge is 0.177 e. The number of rotatable bonds is 8. The Labute approximate surface area is 127 Å². The van der Waals surface area contributed by atoms with E-state index in [1.54, 1.807) is 7.11 Å². The SMILES string of the molecule is COCCOCO[C@H]1C=C[C@H](OC2CCCCC2)O[C@H]1C. The van der Waals surface area contributed by atoms with Gasteiger partial charge in [-0.2, -0.15) is 0 Å². The topological polar surface area (TPSA) is 46.2 Å². The zero-order chi connectivity index (χ0) is 14.9. The molecule has 0 unspecified atom stereocenters. The van der Waals surface area contributed by atoms with Crippen LogP contribution in [0.15, 0.2) is 12.2 Å². The fourth-order valence-corrected chi connectivity index (χ4v) is 2.68. The van der Waals surface area contributed by atoms with E-state index in [1.807, 2.05) is 19.1 Å². The van der Waals surface area contributed by atoms with Crippen LogP contribution in [-0.2, 0) is 23.7 Å². The summed E-state index contributed by atoms with van der Waals surface area (Å²) >= 11 is 0. The Morgan fingerprint density at radius 3 is 2.62 bits per heavy atom. The average molecular weight is 300 g/mol. The Bertz CT molecular complexity index is 301. The van der Waals surface area contributed by atoms with Crippen LogP contribution >= 0.6 is 0 Å². The fraction of sp³-hybridized carbons (Fsp3) is 0.875. The maximum Gasteiger partial charge on any atom is 0.177 e. The highest BCUT2D eigenvalue weighted by Crippen LogP contribution is 2.24. The summed E-state index contributed by atoms with van der Waals surface area (Å²) in [7, 11) is 1.65. The standard InChI is InChI=1S/C16H28O5/c1-13-15(19-12-18-11-10-17-2)8-9-16(20-13)21-14-6-4-3-5-7-14/h8-9,13-16H,3-7,10-12H2,1-2H3/t13-,15-,16-/m0/s1. The molecule has 0 saturated heterocycles. The minimum absolute atomic E-state index is 0.0328. The lowest BCUT2D eigenvalue weighted by atomic mass is 9.98. The minimum atomic E-state index is -0.239. The van der Waals surface area contributed by atoms with Gasteiger partial charge in [0.15, 0.2) is 6.29 Å². The second-order valence-electron chi connectivity index (χ2n) is 5.64. The van der Waals surface area contributed by atoms with Crippen LogP contribution in [0, 0.1) is 0 Å². The number of hydrogen-bond acceptors (Lipinski definition) is 5. The molecular formula is C16H28O5. The quantitative estimate of drug-likeness (QED) is 0.392. The predicted molar refractivity (Wildman–Crippen MR) is 79.0 cm³/mol. The van der Waals surface area contributed by atoms with Crippen LogP contribution in [0.5, 0.6) is 0 Å². The maximum atomic E-state index is 6.00. The first-order valence-corrected chi connectivity index (χ1v) is 7.97. The van der Waals surface area contributed by atoms with Gasteiger partial charge in [-0.25, -0.2) is 0 Å². The molecule has 2 aliphatic rings. The van der Waals surface area contributed by atoms with E-state index in [0.717, 1.165) is 12.8 Å². The van der Waals surface area contributed by atoms with E-state index in [0.29, 0.717) is 19.3 Å². The van der Waals surface area contributed by atoms with Crippen LogP contribution in [0.4, 0.5) is 0 Å². The van der Waals surface area contributed by atoms with Crippen LogP contribution in [-0.4, -0.2) is 51.7 Å². The third kappa shape index (κ3) is 6.04. The van der Waals surface area contributed by atoms with Gasteiger partial charge in [-0.05, 0) is 25.8 Å². The number of hydrogen-bond donors (Lipinski definition) is 0. The normalized spacial score (nSPS) is 30.7. The third-order valence-electron chi connectivity index (χ3n) is 3.92. The van der Waals surface area contributed by atoms with Gasteiger partial charge in [0, 0.05) is 7.11 Å². The highest BCUT2D eigenvalue weighted by Gasteiger charge is 2.27. The Morgan fingerprint density at radius 1 is 1.10 bits per heavy atom. The molecule has 5 heteroatoms. The van der Waals surface area contributed by atoms with Crippen LogP contribution < -0.4 is 0 Å². The van der Waals surface area contributed by atoms with Gasteiger partial charge in [0.2, 0.25) is 0 Å². The molecule has 0 N–H and O–H groups in total. The molecule has 21 heavy (non-hydrogen) atoms.